The van der Waals surface area contributed by atoms with Gasteiger partial charge in [0.25, 0.3) is 0 Å². The topological polar surface area (TPSA) is 0 Å². The average Bonchev–Trinajstić information content (AvgIpc) is 3.04. The SMILES string of the molecule is C=CC.C=S(CCC/C(=C(/C=C\C)CC)C(c1ccccc1)c1ccccc1)c1c(C)cccc1C.CC.CC.CC. The lowest BCUT2D eigenvalue weighted by molar-refractivity contribution is 0.794. The molecule has 0 aromatic heterocycles. The summed E-state index contributed by atoms with van der Waals surface area (Å²) in [4.78, 5) is 1.45. The minimum absolute atomic E-state index is 0.0153. The van der Waals surface area contributed by atoms with E-state index in [1.165, 1.54) is 32.7 Å². The average molecular weight is 587 g/mol. The molecule has 232 valence electrons. The largest absolute Gasteiger partial charge is 0.161 e. The van der Waals surface area contributed by atoms with Crippen molar-refractivity contribution >= 4 is 16.4 Å². The molecule has 0 amide bonds. The molecule has 0 heterocycles. The second-order valence-corrected chi connectivity index (χ2v) is 10.9. The van der Waals surface area contributed by atoms with Gasteiger partial charge in [0.1, 0.15) is 0 Å². The molecule has 0 radical (unpaired) electrons. The summed E-state index contributed by atoms with van der Waals surface area (Å²) in [5, 5.41) is 0. The molecule has 0 spiro atoms. The molecule has 0 fully saturated rings. The van der Waals surface area contributed by atoms with Crippen molar-refractivity contribution in [1.29, 1.82) is 0 Å². The van der Waals surface area contributed by atoms with Gasteiger partial charge in [-0.3, -0.25) is 0 Å². The van der Waals surface area contributed by atoms with Gasteiger partial charge in [0.05, 0.1) is 0 Å². The van der Waals surface area contributed by atoms with Crippen molar-refractivity contribution in [3.8, 4) is 0 Å². The molecule has 0 aliphatic rings. The summed E-state index contributed by atoms with van der Waals surface area (Å²) in [7, 11) is 0.0153. The van der Waals surface area contributed by atoms with Gasteiger partial charge in [-0.25, -0.2) is 0 Å². The minimum Gasteiger partial charge on any atom is -0.161 e. The Hall–Kier alpha value is -2.90. The summed E-state index contributed by atoms with van der Waals surface area (Å²) < 4.78 is 0. The van der Waals surface area contributed by atoms with E-state index in [0.29, 0.717) is 0 Å². The van der Waals surface area contributed by atoms with Crippen LogP contribution in [0.1, 0.15) is 110 Å². The Morgan fingerprint density at radius 3 is 1.55 bits per heavy atom. The van der Waals surface area contributed by atoms with E-state index in [2.05, 4.69) is 131 Å². The van der Waals surface area contributed by atoms with Crippen LogP contribution in [0.3, 0.4) is 0 Å². The predicted octanol–water partition coefficient (Wildman–Crippen LogP) is 13.5. The van der Waals surface area contributed by atoms with Crippen molar-refractivity contribution in [3.05, 3.63) is 137 Å². The molecule has 1 unspecified atom stereocenters. The molecule has 1 atom stereocenters. The highest BCUT2D eigenvalue weighted by molar-refractivity contribution is 8.14. The second-order valence-electron chi connectivity index (χ2n) is 9.09. The fraction of sp³-hybridized carbons (Fsp3) is 0.390. The van der Waals surface area contributed by atoms with E-state index in [-0.39, 0.29) is 16.4 Å². The van der Waals surface area contributed by atoms with E-state index in [1.807, 2.05) is 48.5 Å². The monoisotopic (exact) mass is 586 g/mol. The molecule has 3 aromatic rings. The molecule has 1 heteroatoms. The maximum absolute atomic E-state index is 4.59. The first-order valence-corrected chi connectivity index (χ1v) is 17.6. The van der Waals surface area contributed by atoms with E-state index in [4.69, 9.17) is 0 Å². The first-order valence-electron chi connectivity index (χ1n) is 16.1. The number of rotatable bonds is 10. The van der Waals surface area contributed by atoms with Gasteiger partial charge in [-0.15, -0.1) is 6.58 Å². The first kappa shape index (κ1) is 41.2. The van der Waals surface area contributed by atoms with Gasteiger partial charge < -0.3 is 0 Å². The molecular weight excluding hydrogens is 525 g/mol. The van der Waals surface area contributed by atoms with Gasteiger partial charge >= 0.3 is 0 Å². The lowest BCUT2D eigenvalue weighted by Gasteiger charge is -2.25. The lowest BCUT2D eigenvalue weighted by Crippen LogP contribution is -2.08. The van der Waals surface area contributed by atoms with Crippen LogP contribution in [0, 0.1) is 13.8 Å². The highest BCUT2D eigenvalue weighted by Crippen LogP contribution is 2.39. The summed E-state index contributed by atoms with van der Waals surface area (Å²) in [5.74, 6) is 5.99. The van der Waals surface area contributed by atoms with Crippen molar-refractivity contribution in [3.63, 3.8) is 0 Å². The number of hydrogen-bond donors (Lipinski definition) is 0. The molecule has 0 aliphatic heterocycles. The molecule has 0 N–H and O–H groups in total. The van der Waals surface area contributed by atoms with Crippen molar-refractivity contribution in [1.82, 2.24) is 0 Å². The highest BCUT2D eigenvalue weighted by Gasteiger charge is 2.21. The van der Waals surface area contributed by atoms with Crippen LogP contribution in [0.15, 0.2) is 120 Å². The fourth-order valence-corrected chi connectivity index (χ4v) is 6.57. The van der Waals surface area contributed by atoms with Crippen LogP contribution in [-0.4, -0.2) is 11.6 Å². The van der Waals surface area contributed by atoms with Crippen LogP contribution in [0.5, 0.6) is 0 Å². The van der Waals surface area contributed by atoms with Crippen molar-refractivity contribution in [2.45, 2.75) is 106 Å². The fourth-order valence-electron chi connectivity index (χ4n) is 4.82. The van der Waals surface area contributed by atoms with Gasteiger partial charge in [0, 0.05) is 10.8 Å². The molecular formula is C41H62S. The third kappa shape index (κ3) is 14.3. The van der Waals surface area contributed by atoms with E-state index >= 15 is 0 Å². The Kier molecular flexibility index (Phi) is 26.5. The summed E-state index contributed by atoms with van der Waals surface area (Å²) >= 11 is 0. The Bertz CT molecular complexity index is 1090. The Labute approximate surface area is 264 Å². The normalized spacial score (nSPS) is 11.2. The zero-order valence-corrected chi connectivity index (χ0v) is 29.8. The smallest absolute Gasteiger partial charge is 0.0304 e. The van der Waals surface area contributed by atoms with E-state index < -0.39 is 0 Å². The van der Waals surface area contributed by atoms with Gasteiger partial charge in [-0.05, 0) is 80.5 Å². The van der Waals surface area contributed by atoms with Gasteiger partial charge in [0.15, 0.2) is 0 Å². The minimum atomic E-state index is 0.0153. The quantitative estimate of drug-likeness (QED) is 0.126. The summed E-state index contributed by atoms with van der Waals surface area (Å²) in [6.45, 7) is 26.1. The molecule has 0 aliphatic carbocycles. The summed E-state index contributed by atoms with van der Waals surface area (Å²) in [6.07, 6.45) is 9.54. The van der Waals surface area contributed by atoms with Crippen LogP contribution in [0.4, 0.5) is 0 Å². The molecule has 0 bridgehead atoms. The zero-order chi connectivity index (χ0) is 32.3. The number of hydrogen-bond acceptors (Lipinski definition) is 0. The highest BCUT2D eigenvalue weighted by atomic mass is 32.2. The molecule has 3 aromatic carbocycles. The predicted molar refractivity (Wildman–Crippen MR) is 200 cm³/mol. The Balaban J connectivity index is 0. The standard InChI is InChI=1S/C32H38S.C3H6.3C2H6/c1-6-16-27(7-2)30(23-15-24-33(5)32-25(3)17-14-18-26(32)4)31(28-19-10-8-11-20-28)29-21-12-9-13-22-29;1-3-2;3*1-2/h6,8-14,16-22,31H,5,7,15,23-24H2,1-4H3;3H,1H2,2H3;3*1-2H3/b16-6-,30-27-;;;;. The van der Waals surface area contributed by atoms with Crippen molar-refractivity contribution < 1.29 is 0 Å². The summed E-state index contributed by atoms with van der Waals surface area (Å²) in [5.41, 5.74) is 8.50. The van der Waals surface area contributed by atoms with Crippen LogP contribution < -0.4 is 0 Å². The van der Waals surface area contributed by atoms with E-state index in [1.54, 1.807) is 11.6 Å². The molecule has 0 saturated carbocycles. The summed E-state index contributed by atoms with van der Waals surface area (Å²) in [6, 6.07) is 28.6. The Morgan fingerprint density at radius 2 is 1.17 bits per heavy atom. The number of benzene rings is 3. The molecule has 0 nitrogen and oxygen atoms in total. The van der Waals surface area contributed by atoms with Crippen molar-refractivity contribution in [2.75, 3.05) is 5.75 Å². The number of aryl methyl sites for hydroxylation is 2. The maximum atomic E-state index is 4.59. The molecule has 3 rings (SSSR count). The first-order chi connectivity index (χ1) is 20.5. The van der Waals surface area contributed by atoms with Crippen LogP contribution in [0.2, 0.25) is 0 Å². The van der Waals surface area contributed by atoms with E-state index in [9.17, 15) is 0 Å². The van der Waals surface area contributed by atoms with Gasteiger partial charge in [-0.2, -0.15) is 10.5 Å². The van der Waals surface area contributed by atoms with Gasteiger partial charge in [-0.1, -0.05) is 157 Å². The molecule has 0 saturated heterocycles. The maximum Gasteiger partial charge on any atom is 0.0304 e. The van der Waals surface area contributed by atoms with Crippen LogP contribution in [-0.2, 0) is 0 Å². The van der Waals surface area contributed by atoms with Gasteiger partial charge in [0.2, 0.25) is 0 Å². The molecule has 42 heavy (non-hydrogen) atoms. The van der Waals surface area contributed by atoms with E-state index in [0.717, 1.165) is 25.0 Å². The third-order valence-corrected chi connectivity index (χ3v) is 8.31. The van der Waals surface area contributed by atoms with Crippen LogP contribution >= 0.6 is 10.5 Å². The Morgan fingerprint density at radius 1 is 0.738 bits per heavy atom. The lowest BCUT2D eigenvalue weighted by atomic mass is 9.80. The van der Waals surface area contributed by atoms with Crippen molar-refractivity contribution in [2.24, 2.45) is 0 Å². The second kappa shape index (κ2) is 27.0. The van der Waals surface area contributed by atoms with Crippen LogP contribution in [0.25, 0.3) is 0 Å². The number of allylic oxidation sites excluding steroid dienone is 5. The zero-order valence-electron chi connectivity index (χ0n) is 29.0. The third-order valence-electron chi connectivity index (χ3n) is 6.31.